The standard InChI is InChI=1S/C19H22F2N2O/c20-14-6-7-17(18(21)12-14)19(24)13-23-10-8-16(9-11-23)22-15-4-2-1-3-5-15/h1-7,12,16,19,22,24H,8-11,13H2. The third-order valence-electron chi connectivity index (χ3n) is 4.48. The van der Waals surface area contributed by atoms with Crippen LogP contribution in [0.1, 0.15) is 24.5 Å². The molecule has 2 aromatic carbocycles. The van der Waals surface area contributed by atoms with Crippen molar-refractivity contribution in [1.82, 2.24) is 4.90 Å². The van der Waals surface area contributed by atoms with Crippen molar-refractivity contribution in [3.05, 3.63) is 65.7 Å². The molecule has 3 nitrogen and oxygen atoms in total. The average molecular weight is 332 g/mol. The molecule has 2 N–H and O–H groups in total. The Morgan fingerprint density at radius 2 is 1.79 bits per heavy atom. The predicted octanol–water partition coefficient (Wildman–Crippen LogP) is 3.57. The van der Waals surface area contributed by atoms with Crippen LogP contribution in [0.15, 0.2) is 48.5 Å². The quantitative estimate of drug-likeness (QED) is 0.878. The summed E-state index contributed by atoms with van der Waals surface area (Å²) in [6, 6.07) is 13.8. The molecule has 0 spiro atoms. The Morgan fingerprint density at radius 1 is 1.08 bits per heavy atom. The number of halogens is 2. The SMILES string of the molecule is OC(CN1CCC(Nc2ccccc2)CC1)c1ccc(F)cc1F. The number of nitrogens with zero attached hydrogens (tertiary/aromatic N) is 1. The van der Waals surface area contributed by atoms with Crippen LogP contribution >= 0.6 is 0 Å². The van der Waals surface area contributed by atoms with Crippen molar-refractivity contribution < 1.29 is 13.9 Å². The Kier molecular flexibility index (Phi) is 5.43. The van der Waals surface area contributed by atoms with E-state index < -0.39 is 17.7 Å². The molecule has 0 radical (unpaired) electrons. The van der Waals surface area contributed by atoms with E-state index in [0.717, 1.165) is 37.7 Å². The molecule has 1 heterocycles. The van der Waals surface area contributed by atoms with Gasteiger partial charge in [-0.05, 0) is 31.0 Å². The summed E-state index contributed by atoms with van der Waals surface area (Å²) in [5.41, 5.74) is 1.27. The lowest BCUT2D eigenvalue weighted by Gasteiger charge is -2.34. The van der Waals surface area contributed by atoms with E-state index in [9.17, 15) is 13.9 Å². The van der Waals surface area contributed by atoms with Gasteiger partial charge in [0.05, 0.1) is 6.10 Å². The lowest BCUT2D eigenvalue weighted by atomic mass is 10.0. The molecule has 128 valence electrons. The van der Waals surface area contributed by atoms with Gasteiger partial charge in [-0.15, -0.1) is 0 Å². The summed E-state index contributed by atoms with van der Waals surface area (Å²) in [7, 11) is 0. The number of benzene rings is 2. The third-order valence-corrected chi connectivity index (χ3v) is 4.48. The maximum absolute atomic E-state index is 13.7. The van der Waals surface area contributed by atoms with E-state index in [1.54, 1.807) is 0 Å². The molecular formula is C19H22F2N2O. The van der Waals surface area contributed by atoms with Crippen LogP contribution in [0.5, 0.6) is 0 Å². The number of para-hydroxylation sites is 1. The minimum atomic E-state index is -0.941. The fourth-order valence-electron chi connectivity index (χ4n) is 3.14. The van der Waals surface area contributed by atoms with Crippen LogP contribution in [0.3, 0.4) is 0 Å². The highest BCUT2D eigenvalue weighted by atomic mass is 19.1. The van der Waals surface area contributed by atoms with Crippen LogP contribution in [0.2, 0.25) is 0 Å². The van der Waals surface area contributed by atoms with Gasteiger partial charge in [-0.25, -0.2) is 8.78 Å². The van der Waals surface area contributed by atoms with Gasteiger partial charge in [0.2, 0.25) is 0 Å². The smallest absolute Gasteiger partial charge is 0.131 e. The zero-order chi connectivity index (χ0) is 16.9. The first kappa shape index (κ1) is 16.9. The number of aliphatic hydroxyl groups excluding tert-OH is 1. The van der Waals surface area contributed by atoms with Gasteiger partial charge in [0.25, 0.3) is 0 Å². The number of hydrogen-bond acceptors (Lipinski definition) is 3. The molecule has 1 saturated heterocycles. The molecule has 24 heavy (non-hydrogen) atoms. The van der Waals surface area contributed by atoms with Gasteiger partial charge >= 0.3 is 0 Å². The molecule has 0 aromatic heterocycles. The number of nitrogens with one attached hydrogen (secondary N) is 1. The molecule has 0 amide bonds. The van der Waals surface area contributed by atoms with Gasteiger partial charge < -0.3 is 15.3 Å². The molecule has 3 rings (SSSR count). The highest BCUT2D eigenvalue weighted by Gasteiger charge is 2.22. The van der Waals surface area contributed by atoms with Gasteiger partial charge in [0, 0.05) is 43.0 Å². The number of β-amino-alcohol motifs (C(OH)–C–C–N with tert-alkyl or cyclic N) is 1. The highest BCUT2D eigenvalue weighted by Crippen LogP contribution is 2.22. The van der Waals surface area contributed by atoms with Gasteiger partial charge in [-0.3, -0.25) is 0 Å². The molecule has 1 aliphatic rings. The average Bonchev–Trinajstić information content (AvgIpc) is 2.57. The minimum Gasteiger partial charge on any atom is -0.387 e. The molecule has 1 atom stereocenters. The molecular weight excluding hydrogens is 310 g/mol. The highest BCUT2D eigenvalue weighted by molar-refractivity contribution is 5.43. The van der Waals surface area contributed by atoms with Crippen molar-refractivity contribution in [2.24, 2.45) is 0 Å². The predicted molar refractivity (Wildman–Crippen MR) is 90.8 cm³/mol. The molecule has 1 fully saturated rings. The first-order valence-corrected chi connectivity index (χ1v) is 8.29. The van der Waals surface area contributed by atoms with Crippen LogP contribution in [-0.2, 0) is 0 Å². The van der Waals surface area contributed by atoms with Crippen LogP contribution in [0, 0.1) is 11.6 Å². The van der Waals surface area contributed by atoms with Crippen molar-refractivity contribution in [2.75, 3.05) is 25.0 Å². The second-order valence-corrected chi connectivity index (χ2v) is 6.27. The Labute approximate surface area is 140 Å². The summed E-state index contributed by atoms with van der Waals surface area (Å²) in [5, 5.41) is 13.7. The second-order valence-electron chi connectivity index (χ2n) is 6.27. The maximum Gasteiger partial charge on any atom is 0.131 e. The van der Waals surface area contributed by atoms with E-state index in [2.05, 4.69) is 10.2 Å². The molecule has 1 unspecified atom stereocenters. The summed E-state index contributed by atoms with van der Waals surface area (Å²) in [6.07, 6.45) is 0.991. The number of piperidine rings is 1. The van der Waals surface area contributed by atoms with Crippen LogP contribution in [0.4, 0.5) is 14.5 Å². The van der Waals surface area contributed by atoms with Gasteiger partial charge in [-0.2, -0.15) is 0 Å². The zero-order valence-corrected chi connectivity index (χ0v) is 13.5. The van der Waals surface area contributed by atoms with Gasteiger partial charge in [0.15, 0.2) is 0 Å². The van der Waals surface area contributed by atoms with Crippen molar-refractivity contribution in [1.29, 1.82) is 0 Å². The molecule has 1 aliphatic heterocycles. The van der Waals surface area contributed by atoms with E-state index in [-0.39, 0.29) is 5.56 Å². The Hall–Kier alpha value is -1.98. The monoisotopic (exact) mass is 332 g/mol. The lowest BCUT2D eigenvalue weighted by molar-refractivity contribution is 0.0965. The zero-order valence-electron chi connectivity index (χ0n) is 13.5. The first-order chi connectivity index (χ1) is 11.6. The summed E-state index contributed by atoms with van der Waals surface area (Å²) in [6.45, 7) is 2.04. The molecule has 0 bridgehead atoms. The Balaban J connectivity index is 1.50. The van der Waals surface area contributed by atoms with Crippen molar-refractivity contribution in [3.63, 3.8) is 0 Å². The fraction of sp³-hybridized carbons (Fsp3) is 0.368. The first-order valence-electron chi connectivity index (χ1n) is 8.29. The molecule has 5 heteroatoms. The normalized spacial score (nSPS) is 17.6. The Morgan fingerprint density at radius 3 is 2.46 bits per heavy atom. The fourth-order valence-corrected chi connectivity index (χ4v) is 3.14. The minimum absolute atomic E-state index is 0.154. The summed E-state index contributed by atoms with van der Waals surface area (Å²) in [5.74, 6) is -1.32. The lowest BCUT2D eigenvalue weighted by Crippen LogP contribution is -2.41. The van der Waals surface area contributed by atoms with Gasteiger partial charge in [0.1, 0.15) is 11.6 Å². The topological polar surface area (TPSA) is 35.5 Å². The number of likely N-dealkylation sites (tertiary alicyclic amines) is 1. The van der Waals surface area contributed by atoms with E-state index in [1.165, 1.54) is 12.1 Å². The third kappa shape index (κ3) is 4.30. The maximum atomic E-state index is 13.7. The number of aliphatic hydroxyl groups is 1. The van der Waals surface area contributed by atoms with Gasteiger partial charge in [-0.1, -0.05) is 24.3 Å². The van der Waals surface area contributed by atoms with E-state index in [0.29, 0.717) is 12.6 Å². The largest absolute Gasteiger partial charge is 0.387 e. The molecule has 0 aliphatic carbocycles. The summed E-state index contributed by atoms with van der Waals surface area (Å²) < 4.78 is 26.7. The van der Waals surface area contributed by atoms with E-state index in [1.807, 2.05) is 30.3 Å². The van der Waals surface area contributed by atoms with Crippen LogP contribution in [-0.4, -0.2) is 35.7 Å². The number of hydrogen-bond donors (Lipinski definition) is 2. The summed E-state index contributed by atoms with van der Waals surface area (Å²) >= 11 is 0. The van der Waals surface area contributed by atoms with E-state index in [4.69, 9.17) is 0 Å². The Bertz CT molecular complexity index is 658. The van der Waals surface area contributed by atoms with Crippen molar-refractivity contribution >= 4 is 5.69 Å². The number of anilines is 1. The number of rotatable bonds is 5. The summed E-state index contributed by atoms with van der Waals surface area (Å²) in [4.78, 5) is 2.12. The molecule has 0 saturated carbocycles. The van der Waals surface area contributed by atoms with Crippen molar-refractivity contribution in [2.45, 2.75) is 25.0 Å². The second kappa shape index (κ2) is 7.73. The van der Waals surface area contributed by atoms with E-state index >= 15 is 0 Å². The van der Waals surface area contributed by atoms with Crippen LogP contribution < -0.4 is 5.32 Å². The van der Waals surface area contributed by atoms with Crippen molar-refractivity contribution in [3.8, 4) is 0 Å². The van der Waals surface area contributed by atoms with Crippen LogP contribution in [0.25, 0.3) is 0 Å². The molecule has 2 aromatic rings.